The number of carbonyl (C=O) groups is 1. The molecule has 1 aromatic carbocycles. The monoisotopic (exact) mass is 436 g/mol. The predicted octanol–water partition coefficient (Wildman–Crippen LogP) is 5.03. The molecule has 0 aliphatic heterocycles. The molecule has 0 bridgehead atoms. The number of rotatable bonds is 7. The predicted molar refractivity (Wildman–Crippen MR) is 118 cm³/mol. The molecule has 4 aromatic rings. The van der Waals surface area contributed by atoms with Crippen LogP contribution in [0.4, 0.5) is 0 Å². The number of pyridine rings is 1. The number of carbonyl (C=O) groups excluding carboxylic acids is 1. The maximum absolute atomic E-state index is 12.8. The maximum Gasteiger partial charge on any atom is 0.252 e. The molecule has 0 atom stereocenters. The number of nitrogens with zero attached hydrogens (tertiary/aromatic N) is 3. The highest BCUT2D eigenvalue weighted by molar-refractivity contribution is 7.98. The number of hydrogen-bond donors (Lipinski definition) is 1. The number of aromatic nitrogens is 3. The quantitative estimate of drug-likeness (QED) is 0.409. The molecule has 0 saturated heterocycles. The summed E-state index contributed by atoms with van der Waals surface area (Å²) in [6, 6.07) is 11.5. The Hall–Kier alpha value is -2.97. The van der Waals surface area contributed by atoms with Crippen molar-refractivity contribution in [2.24, 2.45) is 0 Å². The number of hydrogen-bond acceptors (Lipinski definition) is 7. The van der Waals surface area contributed by atoms with Gasteiger partial charge in [-0.25, -0.2) is 4.98 Å². The minimum atomic E-state index is -0.113. The minimum Gasteiger partial charge on any atom is -0.361 e. The van der Waals surface area contributed by atoms with Crippen LogP contribution in [0.3, 0.4) is 0 Å². The first-order valence-corrected chi connectivity index (χ1v) is 11.2. The van der Waals surface area contributed by atoms with Gasteiger partial charge in [0.25, 0.3) is 5.91 Å². The van der Waals surface area contributed by atoms with Crippen LogP contribution < -0.4 is 5.32 Å². The first-order chi connectivity index (χ1) is 14.6. The Morgan fingerprint density at radius 1 is 1.17 bits per heavy atom. The van der Waals surface area contributed by atoms with Gasteiger partial charge in [-0.3, -0.25) is 9.78 Å². The van der Waals surface area contributed by atoms with Crippen molar-refractivity contribution in [2.45, 2.75) is 31.0 Å². The maximum atomic E-state index is 12.8. The molecule has 1 N–H and O–H groups in total. The first-order valence-electron chi connectivity index (χ1n) is 9.38. The fourth-order valence-electron chi connectivity index (χ4n) is 2.94. The summed E-state index contributed by atoms with van der Waals surface area (Å²) in [5.74, 6) is 1.40. The van der Waals surface area contributed by atoms with E-state index in [1.807, 2.05) is 55.6 Å². The number of thioether (sulfide) groups is 1. The van der Waals surface area contributed by atoms with Crippen molar-refractivity contribution in [3.63, 3.8) is 0 Å². The Morgan fingerprint density at radius 3 is 2.73 bits per heavy atom. The van der Waals surface area contributed by atoms with Crippen LogP contribution in [0.1, 0.15) is 32.4 Å². The van der Waals surface area contributed by atoms with Gasteiger partial charge in [-0.15, -0.1) is 23.1 Å². The number of amides is 1. The SMILES string of the molecule is Cc1noc(C)c1CSc1ccccc1C(=O)NCc1nc(-c2ccncc2)cs1. The topological polar surface area (TPSA) is 80.9 Å². The van der Waals surface area contributed by atoms with Crippen molar-refractivity contribution in [3.8, 4) is 11.3 Å². The summed E-state index contributed by atoms with van der Waals surface area (Å²) in [7, 11) is 0. The van der Waals surface area contributed by atoms with E-state index < -0.39 is 0 Å². The Labute approximate surface area is 182 Å². The van der Waals surface area contributed by atoms with Crippen molar-refractivity contribution in [1.29, 1.82) is 0 Å². The molecule has 0 fully saturated rings. The highest BCUT2D eigenvalue weighted by Gasteiger charge is 2.15. The van der Waals surface area contributed by atoms with Gasteiger partial charge in [-0.2, -0.15) is 0 Å². The second-order valence-corrected chi connectivity index (χ2v) is 8.59. The lowest BCUT2D eigenvalue weighted by Gasteiger charge is -2.09. The Balaban J connectivity index is 1.41. The van der Waals surface area contributed by atoms with Gasteiger partial charge in [0.1, 0.15) is 10.8 Å². The van der Waals surface area contributed by atoms with E-state index in [1.165, 1.54) is 11.3 Å². The third kappa shape index (κ3) is 4.60. The zero-order chi connectivity index (χ0) is 20.9. The molecule has 30 heavy (non-hydrogen) atoms. The van der Waals surface area contributed by atoms with E-state index in [-0.39, 0.29) is 5.91 Å². The average molecular weight is 437 g/mol. The van der Waals surface area contributed by atoms with Gasteiger partial charge in [-0.1, -0.05) is 17.3 Å². The lowest BCUT2D eigenvalue weighted by molar-refractivity contribution is 0.0948. The summed E-state index contributed by atoms with van der Waals surface area (Å²) in [6.45, 7) is 4.22. The number of benzene rings is 1. The Bertz CT molecular complexity index is 1140. The average Bonchev–Trinajstić information content (AvgIpc) is 3.38. The zero-order valence-corrected chi connectivity index (χ0v) is 18.2. The first kappa shape index (κ1) is 20.3. The molecule has 152 valence electrons. The van der Waals surface area contributed by atoms with Crippen LogP contribution in [0.15, 0.2) is 63.6 Å². The van der Waals surface area contributed by atoms with Crippen molar-refractivity contribution < 1.29 is 9.32 Å². The summed E-state index contributed by atoms with van der Waals surface area (Å²) >= 11 is 3.13. The summed E-state index contributed by atoms with van der Waals surface area (Å²) in [5, 5.41) is 9.83. The second kappa shape index (κ2) is 9.23. The van der Waals surface area contributed by atoms with E-state index >= 15 is 0 Å². The molecule has 0 saturated carbocycles. The molecule has 0 unspecified atom stereocenters. The van der Waals surface area contributed by atoms with Crippen LogP contribution in [-0.2, 0) is 12.3 Å². The molecule has 0 radical (unpaired) electrons. The number of nitrogens with one attached hydrogen (secondary N) is 1. The van der Waals surface area contributed by atoms with E-state index in [9.17, 15) is 4.79 Å². The molecular weight excluding hydrogens is 416 g/mol. The normalized spacial score (nSPS) is 10.9. The highest BCUT2D eigenvalue weighted by atomic mass is 32.2. The molecule has 0 aliphatic carbocycles. The van der Waals surface area contributed by atoms with Crippen molar-refractivity contribution in [1.82, 2.24) is 20.4 Å². The van der Waals surface area contributed by atoms with Crippen LogP contribution in [0.2, 0.25) is 0 Å². The lowest BCUT2D eigenvalue weighted by atomic mass is 10.2. The fourth-order valence-corrected chi connectivity index (χ4v) is 4.88. The fraction of sp³-hybridized carbons (Fsp3) is 0.182. The van der Waals surface area contributed by atoms with Crippen LogP contribution in [-0.4, -0.2) is 21.0 Å². The van der Waals surface area contributed by atoms with Gasteiger partial charge in [0.05, 0.1) is 23.5 Å². The van der Waals surface area contributed by atoms with E-state index in [0.717, 1.165) is 38.2 Å². The molecule has 0 aliphatic rings. The third-order valence-corrected chi connectivity index (χ3v) is 6.56. The number of thiazole rings is 1. The Kier molecular flexibility index (Phi) is 6.25. The second-order valence-electron chi connectivity index (χ2n) is 6.63. The van der Waals surface area contributed by atoms with Crippen molar-refractivity contribution in [3.05, 3.63) is 81.8 Å². The van der Waals surface area contributed by atoms with E-state index in [0.29, 0.717) is 17.9 Å². The van der Waals surface area contributed by atoms with Gasteiger partial charge in [0.15, 0.2) is 0 Å². The van der Waals surface area contributed by atoms with Gasteiger partial charge in [0.2, 0.25) is 0 Å². The van der Waals surface area contributed by atoms with Crippen molar-refractivity contribution in [2.75, 3.05) is 0 Å². The van der Waals surface area contributed by atoms with Crippen LogP contribution in [0.25, 0.3) is 11.3 Å². The molecule has 3 heterocycles. The Morgan fingerprint density at radius 2 is 1.97 bits per heavy atom. The number of aryl methyl sites for hydroxylation is 2. The summed E-state index contributed by atoms with van der Waals surface area (Å²) in [6.07, 6.45) is 3.49. The standard InChI is InChI=1S/C22H20N4O2S2/c1-14-18(15(2)28-26-14)12-29-20-6-4-3-5-17(20)22(27)24-11-21-25-19(13-30-21)16-7-9-23-10-8-16/h3-10,13H,11-12H2,1-2H3,(H,24,27). The molecule has 4 rings (SSSR count). The van der Waals surface area contributed by atoms with E-state index in [4.69, 9.17) is 4.52 Å². The van der Waals surface area contributed by atoms with Gasteiger partial charge >= 0.3 is 0 Å². The molecule has 8 heteroatoms. The lowest BCUT2D eigenvalue weighted by Crippen LogP contribution is -2.23. The minimum absolute atomic E-state index is 0.113. The summed E-state index contributed by atoms with van der Waals surface area (Å²) < 4.78 is 5.23. The van der Waals surface area contributed by atoms with Crippen LogP contribution >= 0.6 is 23.1 Å². The highest BCUT2D eigenvalue weighted by Crippen LogP contribution is 2.29. The van der Waals surface area contributed by atoms with Gasteiger partial charge < -0.3 is 9.84 Å². The summed E-state index contributed by atoms with van der Waals surface area (Å²) in [4.78, 5) is 22.4. The molecule has 6 nitrogen and oxygen atoms in total. The molecule has 3 aromatic heterocycles. The molecule has 0 spiro atoms. The van der Waals surface area contributed by atoms with E-state index in [2.05, 4.69) is 20.4 Å². The van der Waals surface area contributed by atoms with E-state index in [1.54, 1.807) is 24.2 Å². The third-order valence-electron chi connectivity index (χ3n) is 4.61. The molecular formula is C22H20N4O2S2. The van der Waals surface area contributed by atoms with Crippen LogP contribution in [0, 0.1) is 13.8 Å². The van der Waals surface area contributed by atoms with Gasteiger partial charge in [-0.05, 0) is 38.1 Å². The molecule has 1 amide bonds. The largest absolute Gasteiger partial charge is 0.361 e. The van der Waals surface area contributed by atoms with Crippen LogP contribution in [0.5, 0.6) is 0 Å². The zero-order valence-electron chi connectivity index (χ0n) is 16.6. The smallest absolute Gasteiger partial charge is 0.252 e. The van der Waals surface area contributed by atoms with Crippen molar-refractivity contribution >= 4 is 29.0 Å². The summed E-state index contributed by atoms with van der Waals surface area (Å²) in [5.41, 5.74) is 4.51. The van der Waals surface area contributed by atoms with Gasteiger partial charge in [0, 0.05) is 39.5 Å².